The van der Waals surface area contributed by atoms with Gasteiger partial charge < -0.3 is 4.90 Å². The van der Waals surface area contributed by atoms with Crippen LogP contribution < -0.4 is 4.90 Å². The van der Waals surface area contributed by atoms with Crippen LogP contribution in [0.1, 0.15) is 5.01 Å². The highest BCUT2D eigenvalue weighted by Crippen LogP contribution is 2.47. The molecule has 0 aromatic carbocycles. The van der Waals surface area contributed by atoms with E-state index < -0.39 is 0 Å². The summed E-state index contributed by atoms with van der Waals surface area (Å²) in [7, 11) is 0. The Balaban J connectivity index is 0.378. The Hall–Kier alpha value is -8.62. The molecule has 0 unspecified atom stereocenters. The summed E-state index contributed by atoms with van der Waals surface area (Å²) in [5.74, 6) is 1.77. The van der Waals surface area contributed by atoms with Crippen LogP contribution in [0, 0.1) is 0 Å². The number of aromatic nitrogens is 23. The summed E-state index contributed by atoms with van der Waals surface area (Å²) in [4.78, 5) is 116. The number of thioether (sulfide) groups is 1. The van der Waals surface area contributed by atoms with E-state index in [1.807, 2.05) is 118 Å². The minimum absolute atomic E-state index is 0.787. The highest BCUT2D eigenvalue weighted by atomic mass is 32.2. The second kappa shape index (κ2) is 31.9. The molecule has 0 fully saturated rings. The largest absolute Gasteiger partial charge is 0.312 e. The lowest BCUT2D eigenvalue weighted by Gasteiger charge is -2.16. The van der Waals surface area contributed by atoms with Crippen LogP contribution in [-0.2, 0) is 0 Å². The molecule has 23 aromatic heterocycles. The summed E-state index contributed by atoms with van der Waals surface area (Å²) in [5, 5.41) is 67.1. The van der Waals surface area contributed by atoms with Crippen molar-refractivity contribution in [3.05, 3.63) is 146 Å². The van der Waals surface area contributed by atoms with E-state index in [1.54, 1.807) is 199 Å². The molecule has 0 bridgehead atoms. The van der Waals surface area contributed by atoms with Crippen LogP contribution in [0.25, 0.3) is 230 Å². The third-order valence-electron chi connectivity index (χ3n) is 17.2. The molecule has 580 valence electrons. The van der Waals surface area contributed by atoms with Crippen molar-refractivity contribution in [1.29, 1.82) is 0 Å². The molecule has 0 N–H and O–H groups in total. The maximum atomic E-state index is 5.01. The number of thiazole rings is 23. The van der Waals surface area contributed by atoms with Crippen molar-refractivity contribution in [1.82, 2.24) is 115 Å². The van der Waals surface area contributed by atoms with Crippen LogP contribution in [0.5, 0.6) is 0 Å². The summed E-state index contributed by atoms with van der Waals surface area (Å²) in [6.45, 7) is 0. The van der Waals surface area contributed by atoms with Gasteiger partial charge in [-0.15, -0.1) is 273 Å². The lowest BCUT2D eigenvalue weighted by Crippen LogP contribution is -2.16. The lowest BCUT2D eigenvalue weighted by molar-refractivity contribution is 1.14. The number of hydrogen-bond donors (Lipinski definition) is 0. The highest BCUT2D eigenvalue weighted by molar-refractivity contribution is 8.02. The van der Waals surface area contributed by atoms with Crippen molar-refractivity contribution < 1.29 is 0 Å². The van der Waals surface area contributed by atoms with Gasteiger partial charge in [0.15, 0.2) is 0 Å². The SMILES string of the molecule is C1=C(c2nc(-c3nc(-c4nc(-c5nc(-c6nc(-c7nc(-c8nc(-c9nc(-c%10nc(-c%11nc(-c%12nc(-c%13nc(-c%14nc(-c%15nc(-c%16nc(-c%17nc(-c%18nc(-c%19nc(-c%20nc(-c%21nc(-c%22nc(-c%23nccs%23)cs%22)cs%21)cs%20)cs%19)cs%18)cs%17)cs%16)cs%15)cs%14)cs%13)cs%12)cs%11)cs%10)cs9)cs8)cs7)cs6)cs5)cs4)cs3)cs2)N(c2cscn2)CS1. The van der Waals surface area contributed by atoms with Gasteiger partial charge in [0.25, 0.3) is 0 Å². The Kier molecular flexibility index (Phi) is 20.0. The van der Waals surface area contributed by atoms with E-state index in [-0.39, 0.29) is 0 Å². The van der Waals surface area contributed by atoms with Gasteiger partial charge in [-0.3, -0.25) is 0 Å². The van der Waals surface area contributed by atoms with E-state index in [0.717, 1.165) is 247 Å². The summed E-state index contributed by atoms with van der Waals surface area (Å²) in [6.07, 6.45) is 1.79. The summed E-state index contributed by atoms with van der Waals surface area (Å²) in [6, 6.07) is 0. The molecular weight excluding hydrogens is 1970 g/mol. The molecule has 0 aliphatic carbocycles. The first-order chi connectivity index (χ1) is 59.2. The minimum atomic E-state index is 0.787. The van der Waals surface area contributed by atoms with Crippen LogP contribution in [0.2, 0.25) is 0 Å². The zero-order valence-corrected chi connectivity index (χ0v) is 78.3. The monoisotopic (exact) mass is 2000 g/mol. The second-order valence-electron chi connectivity index (χ2n) is 24.7. The average Bonchev–Trinajstić information content (AvgIpc) is 1.63. The van der Waals surface area contributed by atoms with Gasteiger partial charge in [-0.05, 0) is 5.41 Å². The number of hydrogen-bond acceptors (Lipinski definition) is 48. The third kappa shape index (κ3) is 14.6. The first-order valence-corrected chi connectivity index (χ1v) is 55.6. The molecule has 0 spiro atoms. The smallest absolute Gasteiger partial charge is 0.144 e. The molecule has 23 aromatic rings. The Morgan fingerprint density at radius 1 is 0.183 bits per heavy atom. The van der Waals surface area contributed by atoms with Gasteiger partial charge >= 0.3 is 0 Å². The molecule has 0 saturated heterocycles. The molecule has 1 aliphatic heterocycles. The van der Waals surface area contributed by atoms with Crippen LogP contribution in [0.3, 0.4) is 0 Å². The Morgan fingerprint density at radius 2 is 0.358 bits per heavy atom. The van der Waals surface area contributed by atoms with Crippen LogP contribution in [-0.4, -0.2) is 121 Å². The standard InChI is InChI=1S/C72H28N24S24/c1-2-99-51(73-1)28-3-100-52(75-28)29-4-101-53(76-29)30-5-102-54(77-30)31-6-103-55(78-31)32-7-104-56(79-32)33-8-105-57(80-33)34-9-106-58(81-34)35-10-107-59(82-35)36-11-108-60(83-36)37-12-109-61(84-37)38-13-110-62(85-38)39-14-111-63(86-39)40-15-112-64(87-40)41-16-113-65(88-41)42-17-114-66(89-42)43-18-115-67(90-43)44-19-116-68(91-44)45-20-117-69(92-45)46-21-118-70(93-46)47-22-119-71(94-47)48-23-120-72(95-48)49-24-98-27-96(49)50-25-97-26-74-50/h1-26H,27H2. The first kappa shape index (κ1) is 75.1. The molecule has 0 atom stereocenters. The molecular formula is C72H28N24S24. The minimum Gasteiger partial charge on any atom is -0.312 e. The van der Waals surface area contributed by atoms with Gasteiger partial charge in [-0.2, -0.15) is 0 Å². The van der Waals surface area contributed by atoms with Crippen molar-refractivity contribution in [3.63, 3.8) is 0 Å². The van der Waals surface area contributed by atoms with Crippen molar-refractivity contribution in [2.75, 3.05) is 10.8 Å². The average molecular weight is 2000 g/mol. The molecule has 0 radical (unpaired) electrons. The van der Waals surface area contributed by atoms with E-state index in [4.69, 9.17) is 105 Å². The van der Waals surface area contributed by atoms with E-state index in [2.05, 4.69) is 31.0 Å². The molecule has 0 saturated carbocycles. The fourth-order valence-electron chi connectivity index (χ4n) is 11.7. The van der Waals surface area contributed by atoms with Crippen LogP contribution in [0.4, 0.5) is 5.82 Å². The van der Waals surface area contributed by atoms with Gasteiger partial charge in [-0.1, -0.05) is 0 Å². The fraction of sp³-hybridized carbons (Fsp3) is 0.0139. The Labute approximate surface area is 770 Å². The Morgan fingerprint density at radius 3 is 0.525 bits per heavy atom. The van der Waals surface area contributed by atoms with E-state index >= 15 is 0 Å². The quantitative estimate of drug-likeness (QED) is 0.0574. The molecule has 24 rings (SSSR count). The maximum absolute atomic E-state index is 5.01. The molecule has 24 nitrogen and oxygen atoms in total. The molecule has 120 heavy (non-hydrogen) atoms. The predicted octanol–water partition coefficient (Wildman–Crippen LogP) is 26.7. The van der Waals surface area contributed by atoms with Crippen molar-refractivity contribution in [2.45, 2.75) is 0 Å². The molecule has 1 aliphatic rings. The van der Waals surface area contributed by atoms with Crippen molar-refractivity contribution in [2.24, 2.45) is 0 Å². The molecule has 48 heteroatoms. The van der Waals surface area contributed by atoms with E-state index in [9.17, 15) is 0 Å². The van der Waals surface area contributed by atoms with E-state index in [0.29, 0.717) is 0 Å². The Bertz CT molecular complexity index is 7610. The highest BCUT2D eigenvalue weighted by Gasteiger charge is 2.28. The maximum Gasteiger partial charge on any atom is 0.144 e. The number of anilines is 1. The topological polar surface area (TPSA) is 300 Å². The summed E-state index contributed by atoms with van der Waals surface area (Å²) < 4.78 is 0. The van der Waals surface area contributed by atoms with E-state index in [1.165, 1.54) is 79.4 Å². The fourth-order valence-corrected chi connectivity index (χ4v) is 31.4. The van der Waals surface area contributed by atoms with Gasteiger partial charge in [0.2, 0.25) is 0 Å². The second-order valence-corrected chi connectivity index (χ2v) is 45.2. The summed E-state index contributed by atoms with van der Waals surface area (Å²) >= 11 is 37.5. The molecule has 0 amide bonds. The zero-order chi connectivity index (χ0) is 78.9. The van der Waals surface area contributed by atoms with Crippen molar-refractivity contribution >= 4 is 284 Å². The predicted molar refractivity (Wildman–Crippen MR) is 510 cm³/mol. The lowest BCUT2D eigenvalue weighted by atomic mass is 10.4. The third-order valence-corrected chi connectivity index (χ3v) is 37.6. The van der Waals surface area contributed by atoms with Gasteiger partial charge in [0, 0.05) is 130 Å². The van der Waals surface area contributed by atoms with Crippen LogP contribution >= 0.6 is 273 Å². The number of rotatable bonds is 23. The number of nitrogens with zero attached hydrogens (tertiary/aromatic N) is 24. The van der Waals surface area contributed by atoms with Gasteiger partial charge in [0.1, 0.15) is 236 Å². The normalized spacial score (nSPS) is 12.5. The van der Waals surface area contributed by atoms with Crippen molar-refractivity contribution in [3.8, 4) is 225 Å². The zero-order valence-electron chi connectivity index (χ0n) is 58.7. The summed E-state index contributed by atoms with van der Waals surface area (Å²) in [5.41, 5.74) is 19.8. The first-order valence-electron chi connectivity index (χ1n) is 34.3. The van der Waals surface area contributed by atoms with Crippen LogP contribution in [0.15, 0.2) is 141 Å². The van der Waals surface area contributed by atoms with Gasteiger partial charge in [-0.25, -0.2) is 115 Å². The van der Waals surface area contributed by atoms with Gasteiger partial charge in [0.05, 0.1) is 17.1 Å². The molecule has 24 heterocycles.